The number of phenolic OH excluding ortho intramolecular Hbond substituents is 1. The molecule has 0 unspecified atom stereocenters. The SMILES string of the molecule is COc1cc(S(=O)(=O)CCOS(=O)(=O)O)c(OC)cc1N=Nc1c(S(O)(O)O)cc2ccccc2c1O. The van der Waals surface area contributed by atoms with Gasteiger partial charge < -0.3 is 28.2 Å². The van der Waals surface area contributed by atoms with Crippen molar-refractivity contribution in [2.45, 2.75) is 9.79 Å². The van der Waals surface area contributed by atoms with E-state index in [9.17, 15) is 35.6 Å². The van der Waals surface area contributed by atoms with E-state index in [0.29, 0.717) is 5.39 Å². The molecule has 0 heterocycles. The summed E-state index contributed by atoms with van der Waals surface area (Å²) < 4.78 is 99.5. The van der Waals surface area contributed by atoms with Crippen molar-refractivity contribution >= 4 is 53.3 Å². The summed E-state index contributed by atoms with van der Waals surface area (Å²) in [6, 6.07) is 9.72. The highest BCUT2D eigenvalue weighted by atomic mass is 32.3. The summed E-state index contributed by atoms with van der Waals surface area (Å²) >= 11 is 0. The minimum absolute atomic E-state index is 0.111. The standard InChI is InChI=1S/C20H22N2O12S3/c1-32-15-11-17(35(24,25)8-7-34-37(29,30)31)16(33-2)10-14(15)21-22-19-18(36(26,27)28)9-12-5-3-4-6-13(12)20(19)23/h3-6,9-11,23,26-28H,7-8H2,1-2H3,(H,29,30,31). The zero-order valence-electron chi connectivity index (χ0n) is 19.2. The van der Waals surface area contributed by atoms with Gasteiger partial charge in [0.25, 0.3) is 0 Å². The van der Waals surface area contributed by atoms with Gasteiger partial charge in [0.2, 0.25) is 0 Å². The van der Waals surface area contributed by atoms with Crippen LogP contribution in [0.5, 0.6) is 17.2 Å². The van der Waals surface area contributed by atoms with Crippen LogP contribution in [0.15, 0.2) is 62.5 Å². The molecule has 202 valence electrons. The van der Waals surface area contributed by atoms with Crippen LogP contribution >= 0.6 is 10.9 Å². The highest BCUT2D eigenvalue weighted by molar-refractivity contribution is 8.19. The van der Waals surface area contributed by atoms with Crippen LogP contribution in [-0.4, -0.2) is 66.7 Å². The third kappa shape index (κ3) is 6.65. The van der Waals surface area contributed by atoms with Gasteiger partial charge in [-0.3, -0.25) is 4.55 Å². The van der Waals surface area contributed by atoms with Crippen molar-refractivity contribution < 1.29 is 53.8 Å². The van der Waals surface area contributed by atoms with Crippen LogP contribution in [0, 0.1) is 0 Å². The lowest BCUT2D eigenvalue weighted by Crippen LogP contribution is -2.16. The van der Waals surface area contributed by atoms with Crippen molar-refractivity contribution in [1.82, 2.24) is 0 Å². The van der Waals surface area contributed by atoms with Crippen LogP contribution < -0.4 is 9.47 Å². The fourth-order valence-corrected chi connectivity index (χ4v) is 5.57. The third-order valence-corrected chi connectivity index (χ3v) is 7.96. The second-order valence-electron chi connectivity index (χ2n) is 7.26. The lowest BCUT2D eigenvalue weighted by molar-refractivity contribution is 0.283. The molecule has 3 aromatic carbocycles. The van der Waals surface area contributed by atoms with E-state index in [1.165, 1.54) is 19.2 Å². The van der Waals surface area contributed by atoms with Gasteiger partial charge in [-0.1, -0.05) is 24.3 Å². The van der Waals surface area contributed by atoms with Crippen LogP contribution in [0.25, 0.3) is 10.8 Å². The quantitative estimate of drug-likeness (QED) is 0.169. The molecule has 0 atom stereocenters. The number of hydrogen-bond acceptors (Lipinski definition) is 13. The number of rotatable bonds is 10. The van der Waals surface area contributed by atoms with Crippen molar-refractivity contribution in [3.63, 3.8) is 0 Å². The lowest BCUT2D eigenvalue weighted by Gasteiger charge is -2.22. The lowest BCUT2D eigenvalue weighted by atomic mass is 10.1. The first-order valence-electron chi connectivity index (χ1n) is 9.95. The Morgan fingerprint density at radius 1 is 0.838 bits per heavy atom. The van der Waals surface area contributed by atoms with E-state index in [-0.39, 0.29) is 22.6 Å². The maximum absolute atomic E-state index is 12.7. The van der Waals surface area contributed by atoms with Crippen LogP contribution in [-0.2, 0) is 24.4 Å². The molecule has 0 spiro atoms. The molecule has 0 aliphatic carbocycles. The molecule has 0 bridgehead atoms. The summed E-state index contributed by atoms with van der Waals surface area (Å²) in [7, 11) is -11.1. The molecule has 17 heteroatoms. The fourth-order valence-electron chi connectivity index (χ4n) is 3.24. The van der Waals surface area contributed by atoms with E-state index < -0.39 is 64.7 Å². The maximum Gasteiger partial charge on any atom is 0.397 e. The van der Waals surface area contributed by atoms with Gasteiger partial charge in [-0.25, -0.2) is 12.6 Å². The Labute approximate surface area is 213 Å². The summed E-state index contributed by atoms with van der Waals surface area (Å²) in [6.45, 7) is -0.869. The number of ether oxygens (including phenoxy) is 2. The number of fused-ring (bicyclic) bond motifs is 1. The Balaban J connectivity index is 2.10. The van der Waals surface area contributed by atoms with E-state index in [0.717, 1.165) is 19.2 Å². The first kappa shape index (κ1) is 28.5. The molecule has 3 aromatic rings. The Kier molecular flexibility index (Phi) is 8.30. The summed E-state index contributed by atoms with van der Waals surface area (Å²) in [5, 5.41) is 19.2. The minimum atomic E-state index is -4.85. The van der Waals surface area contributed by atoms with E-state index in [1.54, 1.807) is 18.2 Å². The minimum Gasteiger partial charge on any atom is -0.505 e. The predicted octanol–water partition coefficient (Wildman–Crippen LogP) is 4.15. The summed E-state index contributed by atoms with van der Waals surface area (Å²) in [4.78, 5) is -0.917. The van der Waals surface area contributed by atoms with Crippen molar-refractivity contribution in [1.29, 1.82) is 0 Å². The average molecular weight is 579 g/mol. The summed E-state index contributed by atoms with van der Waals surface area (Å²) in [5.74, 6) is -1.72. The molecule has 5 N–H and O–H groups in total. The van der Waals surface area contributed by atoms with Gasteiger partial charge >= 0.3 is 10.4 Å². The highest BCUT2D eigenvalue weighted by Crippen LogP contribution is 2.54. The Morgan fingerprint density at radius 3 is 2.08 bits per heavy atom. The number of hydrogen-bond donors (Lipinski definition) is 5. The number of benzene rings is 3. The van der Waals surface area contributed by atoms with E-state index in [2.05, 4.69) is 14.4 Å². The molecule has 0 aliphatic heterocycles. The zero-order valence-corrected chi connectivity index (χ0v) is 21.6. The smallest absolute Gasteiger partial charge is 0.397 e. The first-order chi connectivity index (χ1) is 17.2. The normalized spacial score (nSPS) is 13.2. The van der Waals surface area contributed by atoms with Crippen molar-refractivity contribution in [2.75, 3.05) is 26.6 Å². The van der Waals surface area contributed by atoms with Crippen LogP contribution in [0.2, 0.25) is 0 Å². The van der Waals surface area contributed by atoms with E-state index in [1.807, 2.05) is 0 Å². The van der Waals surface area contributed by atoms with Gasteiger partial charge in [-0.2, -0.15) is 8.42 Å². The van der Waals surface area contributed by atoms with Crippen LogP contribution in [0.4, 0.5) is 11.4 Å². The van der Waals surface area contributed by atoms with Crippen LogP contribution in [0.3, 0.4) is 0 Å². The van der Waals surface area contributed by atoms with E-state index >= 15 is 0 Å². The van der Waals surface area contributed by atoms with Gasteiger partial charge in [0.15, 0.2) is 15.6 Å². The number of sulfone groups is 1. The van der Waals surface area contributed by atoms with Crippen molar-refractivity contribution in [2.24, 2.45) is 10.2 Å². The first-order valence-corrected chi connectivity index (χ1v) is 14.5. The number of aromatic hydroxyl groups is 1. The van der Waals surface area contributed by atoms with Crippen molar-refractivity contribution in [3.8, 4) is 17.2 Å². The molecule has 0 fully saturated rings. The average Bonchev–Trinajstić information content (AvgIpc) is 2.81. The summed E-state index contributed by atoms with van der Waals surface area (Å²) in [5.41, 5.74) is -0.568. The second-order valence-corrected chi connectivity index (χ2v) is 11.9. The van der Waals surface area contributed by atoms with Gasteiger partial charge in [-0.15, -0.1) is 10.2 Å². The molecular weight excluding hydrogens is 556 g/mol. The fraction of sp³-hybridized carbons (Fsp3) is 0.200. The summed E-state index contributed by atoms with van der Waals surface area (Å²) in [6.07, 6.45) is 0. The highest BCUT2D eigenvalue weighted by Gasteiger charge is 2.26. The topological polar surface area (TPSA) is 222 Å². The van der Waals surface area contributed by atoms with Gasteiger partial charge in [0, 0.05) is 17.5 Å². The molecule has 0 radical (unpaired) electrons. The molecule has 0 saturated heterocycles. The van der Waals surface area contributed by atoms with Gasteiger partial charge in [-0.05, 0) is 11.5 Å². The molecule has 0 amide bonds. The monoisotopic (exact) mass is 578 g/mol. The Morgan fingerprint density at radius 2 is 1.49 bits per heavy atom. The van der Waals surface area contributed by atoms with E-state index in [4.69, 9.17) is 14.0 Å². The zero-order chi connectivity index (χ0) is 27.6. The molecule has 37 heavy (non-hydrogen) atoms. The Bertz CT molecular complexity index is 1570. The number of methoxy groups -OCH3 is 2. The largest absolute Gasteiger partial charge is 0.505 e. The number of phenols is 1. The molecule has 0 saturated carbocycles. The van der Waals surface area contributed by atoms with Gasteiger partial charge in [0.05, 0.1) is 31.5 Å². The van der Waals surface area contributed by atoms with Crippen LogP contribution in [0.1, 0.15) is 0 Å². The number of nitrogens with zero attached hydrogens (tertiary/aromatic N) is 2. The maximum atomic E-state index is 12.7. The third-order valence-electron chi connectivity index (χ3n) is 4.90. The molecule has 3 rings (SSSR count). The molecular formula is C20H22N2O12S3. The molecule has 0 aliphatic rings. The molecule has 14 nitrogen and oxygen atoms in total. The second kappa shape index (κ2) is 10.8. The number of azo groups is 1. The Hall–Kier alpha value is -3.03. The van der Waals surface area contributed by atoms with Crippen molar-refractivity contribution in [3.05, 3.63) is 42.5 Å². The molecule has 0 aromatic heterocycles. The van der Waals surface area contributed by atoms with Gasteiger partial charge in [0.1, 0.15) is 38.6 Å². The predicted molar refractivity (Wildman–Crippen MR) is 133 cm³/mol.